The molecule has 0 bridgehead atoms. The normalized spacial score (nSPS) is 15.7. The van der Waals surface area contributed by atoms with Gasteiger partial charge in [0.2, 0.25) is 0 Å². The molecule has 0 aromatic heterocycles. The zero-order valence-electron chi connectivity index (χ0n) is 14.6. The average molecular weight is 320 g/mol. The molecule has 1 aliphatic rings. The summed E-state index contributed by atoms with van der Waals surface area (Å²) in [6, 6.07) is 5.76. The van der Waals surface area contributed by atoms with Crippen molar-refractivity contribution in [1.82, 2.24) is 10.2 Å². The van der Waals surface area contributed by atoms with Crippen LogP contribution < -0.4 is 14.8 Å². The largest absolute Gasteiger partial charge is 0.493 e. The van der Waals surface area contributed by atoms with E-state index in [-0.39, 0.29) is 6.03 Å². The first-order valence-electron chi connectivity index (χ1n) is 8.27. The van der Waals surface area contributed by atoms with Gasteiger partial charge in [-0.2, -0.15) is 0 Å². The number of hydrogen-bond acceptors (Lipinski definition) is 3. The summed E-state index contributed by atoms with van der Waals surface area (Å²) >= 11 is 0. The standard InChI is InChI=1S/C18H28N2O3/c1-18(2,14-9-10-15(22-3)16(13-14)23-4)19-17(21)20-11-7-5-6-8-12-20/h9-10,13H,5-8,11-12H2,1-4H3,(H,19,21). The van der Waals surface area contributed by atoms with E-state index in [2.05, 4.69) is 5.32 Å². The van der Waals surface area contributed by atoms with Crippen molar-refractivity contribution in [2.75, 3.05) is 27.3 Å². The van der Waals surface area contributed by atoms with Gasteiger partial charge in [-0.1, -0.05) is 18.9 Å². The predicted octanol–water partition coefficient (Wildman–Crippen LogP) is 3.52. The van der Waals surface area contributed by atoms with Crippen LogP contribution in [0.3, 0.4) is 0 Å². The predicted molar refractivity (Wildman–Crippen MR) is 91.1 cm³/mol. The number of carbonyl (C=O) groups is 1. The first-order chi connectivity index (χ1) is 11.0. The van der Waals surface area contributed by atoms with Gasteiger partial charge in [0.15, 0.2) is 11.5 Å². The Hall–Kier alpha value is -1.91. The highest BCUT2D eigenvalue weighted by molar-refractivity contribution is 5.75. The molecule has 5 heteroatoms. The monoisotopic (exact) mass is 320 g/mol. The number of likely N-dealkylation sites (tertiary alicyclic amines) is 1. The van der Waals surface area contributed by atoms with Gasteiger partial charge in [-0.15, -0.1) is 0 Å². The minimum Gasteiger partial charge on any atom is -0.493 e. The van der Waals surface area contributed by atoms with E-state index in [9.17, 15) is 4.79 Å². The average Bonchev–Trinajstić information content (AvgIpc) is 2.83. The molecule has 1 aromatic carbocycles. The summed E-state index contributed by atoms with van der Waals surface area (Å²) in [6.45, 7) is 5.69. The minimum atomic E-state index is -0.483. The molecule has 5 nitrogen and oxygen atoms in total. The maximum atomic E-state index is 12.6. The minimum absolute atomic E-state index is 0.00619. The third-order valence-corrected chi connectivity index (χ3v) is 4.42. The van der Waals surface area contributed by atoms with E-state index >= 15 is 0 Å². The van der Waals surface area contributed by atoms with Gasteiger partial charge >= 0.3 is 6.03 Å². The third kappa shape index (κ3) is 4.30. The van der Waals surface area contributed by atoms with E-state index in [0.717, 1.165) is 31.5 Å². The fourth-order valence-electron chi connectivity index (χ4n) is 2.92. The second-order valence-electron chi connectivity index (χ2n) is 6.53. The molecule has 1 N–H and O–H groups in total. The molecule has 0 spiro atoms. The summed E-state index contributed by atoms with van der Waals surface area (Å²) in [5.74, 6) is 1.35. The zero-order valence-corrected chi connectivity index (χ0v) is 14.6. The lowest BCUT2D eigenvalue weighted by atomic mass is 9.94. The molecule has 128 valence electrons. The van der Waals surface area contributed by atoms with Gasteiger partial charge in [-0.25, -0.2) is 4.79 Å². The van der Waals surface area contributed by atoms with Crippen molar-refractivity contribution in [2.24, 2.45) is 0 Å². The highest BCUT2D eigenvalue weighted by atomic mass is 16.5. The van der Waals surface area contributed by atoms with Crippen LogP contribution in [0.1, 0.15) is 45.1 Å². The van der Waals surface area contributed by atoms with Crippen molar-refractivity contribution in [1.29, 1.82) is 0 Å². The Balaban J connectivity index is 2.12. The number of carbonyl (C=O) groups excluding carboxylic acids is 1. The van der Waals surface area contributed by atoms with Gasteiger partial charge in [0.1, 0.15) is 0 Å². The summed E-state index contributed by atoms with van der Waals surface area (Å²) in [7, 11) is 3.23. The van der Waals surface area contributed by atoms with E-state index in [4.69, 9.17) is 9.47 Å². The van der Waals surface area contributed by atoms with Gasteiger partial charge < -0.3 is 19.7 Å². The lowest BCUT2D eigenvalue weighted by molar-refractivity contribution is 0.188. The molecule has 1 aliphatic heterocycles. The maximum Gasteiger partial charge on any atom is 0.318 e. The van der Waals surface area contributed by atoms with Crippen molar-refractivity contribution >= 4 is 6.03 Å². The van der Waals surface area contributed by atoms with Crippen molar-refractivity contribution in [3.8, 4) is 11.5 Å². The molecule has 23 heavy (non-hydrogen) atoms. The summed E-state index contributed by atoms with van der Waals surface area (Å²) in [5.41, 5.74) is 0.501. The molecule has 0 unspecified atom stereocenters. The highest BCUT2D eigenvalue weighted by Crippen LogP contribution is 2.32. The first-order valence-corrected chi connectivity index (χ1v) is 8.27. The Kier molecular flexibility index (Phi) is 5.74. The van der Waals surface area contributed by atoms with E-state index in [1.807, 2.05) is 36.9 Å². The summed E-state index contributed by atoms with van der Waals surface area (Å²) < 4.78 is 10.6. The van der Waals surface area contributed by atoms with Gasteiger partial charge in [-0.05, 0) is 44.4 Å². The number of nitrogens with zero attached hydrogens (tertiary/aromatic N) is 1. The van der Waals surface area contributed by atoms with Crippen LogP contribution in [0.5, 0.6) is 11.5 Å². The Bertz CT molecular complexity index is 535. The Morgan fingerprint density at radius 3 is 2.22 bits per heavy atom. The van der Waals surface area contributed by atoms with Crippen molar-refractivity contribution < 1.29 is 14.3 Å². The fraction of sp³-hybridized carbons (Fsp3) is 0.611. The van der Waals surface area contributed by atoms with Crippen LogP contribution in [0.25, 0.3) is 0 Å². The first kappa shape index (κ1) is 17.4. The van der Waals surface area contributed by atoms with Crippen LogP contribution in [0, 0.1) is 0 Å². The van der Waals surface area contributed by atoms with Crippen molar-refractivity contribution in [3.63, 3.8) is 0 Å². The van der Waals surface area contributed by atoms with Crippen LogP contribution in [0.4, 0.5) is 4.79 Å². The van der Waals surface area contributed by atoms with Crippen molar-refractivity contribution in [2.45, 2.75) is 45.1 Å². The fourth-order valence-corrected chi connectivity index (χ4v) is 2.92. The van der Waals surface area contributed by atoms with Gasteiger partial charge in [0, 0.05) is 13.1 Å². The SMILES string of the molecule is COc1ccc(C(C)(C)NC(=O)N2CCCCCC2)cc1OC. The molecule has 0 aliphatic carbocycles. The number of amides is 2. The number of hydrogen-bond donors (Lipinski definition) is 1. The molecule has 1 heterocycles. The summed E-state index contributed by atoms with van der Waals surface area (Å²) in [4.78, 5) is 14.5. The molecule has 2 rings (SSSR count). The smallest absolute Gasteiger partial charge is 0.318 e. The number of rotatable bonds is 4. The Morgan fingerprint density at radius 2 is 1.65 bits per heavy atom. The molecule has 0 radical (unpaired) electrons. The summed E-state index contributed by atoms with van der Waals surface area (Å²) in [6.07, 6.45) is 4.60. The molecular weight excluding hydrogens is 292 g/mol. The van der Waals surface area contributed by atoms with Gasteiger partial charge in [-0.3, -0.25) is 0 Å². The Morgan fingerprint density at radius 1 is 1.04 bits per heavy atom. The molecule has 1 aromatic rings. The number of nitrogens with one attached hydrogen (secondary N) is 1. The van der Waals surface area contributed by atoms with E-state index in [0.29, 0.717) is 11.5 Å². The number of methoxy groups -OCH3 is 2. The van der Waals surface area contributed by atoms with Crippen LogP contribution in [-0.2, 0) is 5.54 Å². The molecule has 1 fully saturated rings. The molecule has 1 saturated heterocycles. The lowest BCUT2D eigenvalue weighted by Crippen LogP contribution is -2.48. The molecule has 0 saturated carbocycles. The second kappa shape index (κ2) is 7.57. The zero-order chi connectivity index (χ0) is 16.9. The van der Waals surface area contributed by atoms with Gasteiger partial charge in [0.05, 0.1) is 19.8 Å². The van der Waals surface area contributed by atoms with Crippen LogP contribution >= 0.6 is 0 Å². The maximum absolute atomic E-state index is 12.6. The number of ether oxygens (including phenoxy) is 2. The topological polar surface area (TPSA) is 50.8 Å². The Labute approximate surface area is 139 Å². The van der Waals surface area contributed by atoms with E-state index < -0.39 is 5.54 Å². The van der Waals surface area contributed by atoms with Crippen molar-refractivity contribution in [3.05, 3.63) is 23.8 Å². The number of urea groups is 1. The molecular formula is C18H28N2O3. The van der Waals surface area contributed by atoms with E-state index in [1.54, 1.807) is 14.2 Å². The lowest BCUT2D eigenvalue weighted by Gasteiger charge is -2.31. The third-order valence-electron chi connectivity index (χ3n) is 4.42. The van der Waals surface area contributed by atoms with Crippen LogP contribution in [0.2, 0.25) is 0 Å². The molecule has 0 atom stereocenters. The quantitative estimate of drug-likeness (QED) is 0.923. The molecule has 2 amide bonds. The summed E-state index contributed by atoms with van der Waals surface area (Å²) in [5, 5.41) is 3.15. The second-order valence-corrected chi connectivity index (χ2v) is 6.53. The highest BCUT2D eigenvalue weighted by Gasteiger charge is 2.27. The number of benzene rings is 1. The van der Waals surface area contributed by atoms with Gasteiger partial charge in [0.25, 0.3) is 0 Å². The van der Waals surface area contributed by atoms with Crippen LogP contribution in [0.15, 0.2) is 18.2 Å². The van der Waals surface area contributed by atoms with Crippen LogP contribution in [-0.4, -0.2) is 38.2 Å². The van der Waals surface area contributed by atoms with E-state index in [1.165, 1.54) is 12.8 Å².